The van der Waals surface area contributed by atoms with Gasteiger partial charge in [0.25, 0.3) is 11.6 Å². The van der Waals surface area contributed by atoms with Crippen LogP contribution in [-0.2, 0) is 24.3 Å². The molecule has 176 valence electrons. The summed E-state index contributed by atoms with van der Waals surface area (Å²) in [4.78, 5) is 35.1. The molecule has 3 rings (SSSR count). The van der Waals surface area contributed by atoms with E-state index >= 15 is 0 Å². The van der Waals surface area contributed by atoms with Gasteiger partial charge in [-0.1, -0.05) is 11.6 Å². The van der Waals surface area contributed by atoms with Gasteiger partial charge in [0, 0.05) is 35.9 Å². The first kappa shape index (κ1) is 24.6. The Morgan fingerprint density at radius 2 is 1.70 bits per heavy atom. The second kappa shape index (κ2) is 10.3. The van der Waals surface area contributed by atoms with Crippen molar-refractivity contribution < 1.29 is 27.7 Å². The molecule has 1 aliphatic rings. The topological polar surface area (TPSA) is 136 Å². The average molecular weight is 496 g/mol. The number of nitrogens with one attached hydrogen (secondary N) is 1. The molecule has 0 bridgehead atoms. The van der Waals surface area contributed by atoms with Crippen LogP contribution in [0.15, 0.2) is 53.4 Å². The Morgan fingerprint density at radius 1 is 1.12 bits per heavy atom. The molecule has 1 atom stereocenters. The van der Waals surface area contributed by atoms with Gasteiger partial charge in [0.05, 0.1) is 15.7 Å². The minimum absolute atomic E-state index is 0.114. The standard InChI is InChI=1S/C21H22ClN3O7S/c1-14(20(26)23-17-4-6-18(7-5-17)25(28)29)32-21(27)15-10-12-24(13-11-15)33(30,31)19-8-2-16(22)3-9-19/h2-9,14-15H,10-13H2,1H3,(H,23,26). The van der Waals surface area contributed by atoms with Crippen molar-refractivity contribution in [3.05, 3.63) is 63.7 Å². The van der Waals surface area contributed by atoms with E-state index < -0.39 is 38.8 Å². The van der Waals surface area contributed by atoms with E-state index in [-0.39, 0.29) is 36.5 Å². The highest BCUT2D eigenvalue weighted by atomic mass is 35.5. The molecule has 0 radical (unpaired) electrons. The summed E-state index contributed by atoms with van der Waals surface area (Å²) in [5.74, 6) is -1.69. The third kappa shape index (κ3) is 6.06. The lowest BCUT2D eigenvalue weighted by atomic mass is 9.98. The van der Waals surface area contributed by atoms with Crippen molar-refractivity contribution in [2.45, 2.75) is 30.8 Å². The molecular weight excluding hydrogens is 474 g/mol. The highest BCUT2D eigenvalue weighted by molar-refractivity contribution is 7.89. The fourth-order valence-electron chi connectivity index (χ4n) is 3.32. The third-order valence-corrected chi connectivity index (χ3v) is 7.41. The van der Waals surface area contributed by atoms with Crippen molar-refractivity contribution >= 4 is 44.9 Å². The number of piperidine rings is 1. The fraction of sp³-hybridized carbons (Fsp3) is 0.333. The molecule has 1 unspecified atom stereocenters. The maximum absolute atomic E-state index is 12.8. The largest absolute Gasteiger partial charge is 0.452 e. The Kier molecular flexibility index (Phi) is 7.67. The smallest absolute Gasteiger partial charge is 0.309 e. The third-order valence-electron chi connectivity index (χ3n) is 5.25. The molecule has 1 saturated heterocycles. The highest BCUT2D eigenvalue weighted by Gasteiger charge is 2.34. The summed E-state index contributed by atoms with van der Waals surface area (Å²) >= 11 is 5.82. The van der Waals surface area contributed by atoms with Gasteiger partial charge in [-0.2, -0.15) is 4.31 Å². The van der Waals surface area contributed by atoms with Gasteiger partial charge in [-0.25, -0.2) is 8.42 Å². The van der Waals surface area contributed by atoms with Crippen molar-refractivity contribution in [3.8, 4) is 0 Å². The second-order valence-corrected chi connectivity index (χ2v) is 9.88. The Balaban J connectivity index is 1.51. The van der Waals surface area contributed by atoms with Crippen LogP contribution >= 0.6 is 11.6 Å². The summed E-state index contributed by atoms with van der Waals surface area (Å²) in [6, 6.07) is 11.1. The number of carbonyl (C=O) groups excluding carboxylic acids is 2. The highest BCUT2D eigenvalue weighted by Crippen LogP contribution is 2.26. The Bertz CT molecular complexity index is 1130. The number of esters is 1. The van der Waals surface area contributed by atoms with Gasteiger partial charge in [-0.05, 0) is 56.2 Å². The molecule has 2 aromatic carbocycles. The van der Waals surface area contributed by atoms with E-state index in [9.17, 15) is 28.1 Å². The van der Waals surface area contributed by atoms with Crippen LogP contribution in [0.5, 0.6) is 0 Å². The van der Waals surface area contributed by atoms with E-state index in [1.165, 1.54) is 59.8 Å². The maximum atomic E-state index is 12.8. The zero-order valence-corrected chi connectivity index (χ0v) is 19.2. The molecule has 1 N–H and O–H groups in total. The fourth-order valence-corrected chi connectivity index (χ4v) is 4.92. The average Bonchev–Trinajstić information content (AvgIpc) is 2.79. The minimum atomic E-state index is -3.69. The normalized spacial score (nSPS) is 16.1. The zero-order valence-electron chi connectivity index (χ0n) is 17.6. The quantitative estimate of drug-likeness (QED) is 0.353. The Labute approximate surface area is 195 Å². The van der Waals surface area contributed by atoms with E-state index in [0.29, 0.717) is 10.7 Å². The maximum Gasteiger partial charge on any atom is 0.309 e. The van der Waals surface area contributed by atoms with Gasteiger partial charge >= 0.3 is 5.97 Å². The minimum Gasteiger partial charge on any atom is -0.452 e. The van der Waals surface area contributed by atoms with Crippen LogP contribution in [0, 0.1) is 16.0 Å². The van der Waals surface area contributed by atoms with Gasteiger partial charge in [0.2, 0.25) is 10.0 Å². The van der Waals surface area contributed by atoms with E-state index in [2.05, 4.69) is 5.32 Å². The predicted octanol–water partition coefficient (Wildman–Crippen LogP) is 3.22. The lowest BCUT2D eigenvalue weighted by Crippen LogP contribution is -2.41. The van der Waals surface area contributed by atoms with Crippen molar-refractivity contribution in [1.29, 1.82) is 0 Å². The first-order chi connectivity index (χ1) is 15.6. The monoisotopic (exact) mass is 495 g/mol. The number of carbonyl (C=O) groups is 2. The predicted molar refractivity (Wildman–Crippen MR) is 120 cm³/mol. The molecule has 12 heteroatoms. The van der Waals surface area contributed by atoms with Gasteiger partial charge in [0.1, 0.15) is 0 Å². The number of benzene rings is 2. The molecule has 2 aromatic rings. The first-order valence-electron chi connectivity index (χ1n) is 10.1. The number of hydrogen-bond donors (Lipinski definition) is 1. The number of nitro groups is 1. The van der Waals surface area contributed by atoms with Crippen LogP contribution in [0.1, 0.15) is 19.8 Å². The van der Waals surface area contributed by atoms with E-state index in [1.54, 1.807) is 0 Å². The van der Waals surface area contributed by atoms with Crippen LogP contribution in [0.2, 0.25) is 5.02 Å². The number of rotatable bonds is 7. The zero-order chi connectivity index (χ0) is 24.2. The lowest BCUT2D eigenvalue weighted by Gasteiger charge is -2.30. The van der Waals surface area contributed by atoms with E-state index in [4.69, 9.17) is 16.3 Å². The molecule has 0 saturated carbocycles. The number of ether oxygens (including phenoxy) is 1. The molecule has 0 aliphatic carbocycles. The number of hydrogen-bond acceptors (Lipinski definition) is 7. The molecule has 1 aliphatic heterocycles. The Hall–Kier alpha value is -3.02. The molecule has 33 heavy (non-hydrogen) atoms. The number of halogens is 1. The number of nitro benzene ring substituents is 1. The van der Waals surface area contributed by atoms with Crippen molar-refractivity contribution in [2.75, 3.05) is 18.4 Å². The number of amides is 1. The van der Waals surface area contributed by atoms with Gasteiger partial charge < -0.3 is 10.1 Å². The van der Waals surface area contributed by atoms with Gasteiger partial charge in [-0.3, -0.25) is 19.7 Å². The number of non-ortho nitro benzene ring substituents is 1. The number of nitrogens with zero attached hydrogens (tertiary/aromatic N) is 2. The van der Waals surface area contributed by atoms with Crippen molar-refractivity contribution in [3.63, 3.8) is 0 Å². The Morgan fingerprint density at radius 3 is 2.24 bits per heavy atom. The molecular formula is C21H22ClN3O7S. The first-order valence-corrected chi connectivity index (χ1v) is 11.9. The van der Waals surface area contributed by atoms with Crippen LogP contribution in [-0.4, -0.2) is 48.7 Å². The van der Waals surface area contributed by atoms with Crippen molar-refractivity contribution in [1.82, 2.24) is 4.31 Å². The summed E-state index contributed by atoms with van der Waals surface area (Å²) in [6.45, 7) is 1.71. The summed E-state index contributed by atoms with van der Waals surface area (Å²) in [7, 11) is -3.69. The molecule has 1 amide bonds. The molecule has 1 fully saturated rings. The van der Waals surface area contributed by atoms with E-state index in [1.807, 2.05) is 0 Å². The molecule has 0 aromatic heterocycles. The summed E-state index contributed by atoms with van der Waals surface area (Å²) in [5, 5.41) is 13.7. The second-order valence-electron chi connectivity index (χ2n) is 7.50. The summed E-state index contributed by atoms with van der Waals surface area (Å²) in [5.41, 5.74) is 0.214. The van der Waals surface area contributed by atoms with Gasteiger partial charge in [-0.15, -0.1) is 0 Å². The summed E-state index contributed by atoms with van der Waals surface area (Å²) < 4.78 is 32.1. The van der Waals surface area contributed by atoms with E-state index in [0.717, 1.165) is 0 Å². The van der Waals surface area contributed by atoms with Gasteiger partial charge in [0.15, 0.2) is 6.10 Å². The molecule has 10 nitrogen and oxygen atoms in total. The van der Waals surface area contributed by atoms with Crippen molar-refractivity contribution in [2.24, 2.45) is 5.92 Å². The SMILES string of the molecule is CC(OC(=O)C1CCN(S(=O)(=O)c2ccc(Cl)cc2)CC1)C(=O)Nc1ccc([N+](=O)[O-])cc1. The van der Waals surface area contributed by atoms with Crippen LogP contribution in [0.4, 0.5) is 11.4 Å². The number of sulfonamides is 1. The lowest BCUT2D eigenvalue weighted by molar-refractivity contribution is -0.384. The van der Waals surface area contributed by atoms with Crippen LogP contribution in [0.3, 0.4) is 0 Å². The van der Waals surface area contributed by atoms with Crippen LogP contribution in [0.25, 0.3) is 0 Å². The van der Waals surface area contributed by atoms with Crippen LogP contribution < -0.4 is 5.32 Å². The summed E-state index contributed by atoms with van der Waals surface area (Å²) in [6.07, 6.45) is -0.562. The molecule has 0 spiro atoms. The molecule has 1 heterocycles. The number of anilines is 1.